The third-order valence-corrected chi connectivity index (χ3v) is 7.73. The number of benzene rings is 1. The third-order valence-electron chi connectivity index (χ3n) is 5.62. The number of aliphatic hydroxyl groups excluding tert-OH is 1. The molecule has 2 unspecified atom stereocenters. The average molecular weight is 530 g/mol. The number of nitrogens with one attached hydrogen (secondary N) is 3. The lowest BCUT2D eigenvalue weighted by Crippen LogP contribution is -2.61. The van der Waals surface area contributed by atoms with Gasteiger partial charge in [0, 0.05) is 6.54 Å². The Balaban J connectivity index is 2.04. The van der Waals surface area contributed by atoms with E-state index in [1.165, 1.54) is 13.8 Å². The van der Waals surface area contributed by atoms with Gasteiger partial charge >= 0.3 is 12.1 Å². The molecule has 0 bridgehead atoms. The van der Waals surface area contributed by atoms with Crippen LogP contribution >= 0.6 is 0 Å². The molecule has 2 rings (SSSR count). The van der Waals surface area contributed by atoms with E-state index in [0.717, 1.165) is 5.32 Å². The number of alkyl halides is 5. The third kappa shape index (κ3) is 7.84. The van der Waals surface area contributed by atoms with Gasteiger partial charge in [-0.2, -0.15) is 22.0 Å². The summed E-state index contributed by atoms with van der Waals surface area (Å²) in [7, 11) is -3.65. The predicted octanol–water partition coefficient (Wildman–Crippen LogP) is 1.15. The van der Waals surface area contributed by atoms with E-state index < -0.39 is 69.7 Å². The molecule has 4 N–H and O–H groups in total. The van der Waals surface area contributed by atoms with Gasteiger partial charge in [0.25, 0.3) is 5.91 Å². The summed E-state index contributed by atoms with van der Waals surface area (Å²) in [4.78, 5) is 24.3. The number of halogens is 5. The molecule has 8 nitrogen and oxygen atoms in total. The number of amides is 2. The van der Waals surface area contributed by atoms with Gasteiger partial charge in [0.05, 0.1) is 23.1 Å². The van der Waals surface area contributed by atoms with Crippen LogP contribution in [0.3, 0.4) is 0 Å². The Hall–Kier alpha value is -2.32. The molecule has 1 aliphatic rings. The number of rotatable bonds is 10. The van der Waals surface area contributed by atoms with Crippen molar-refractivity contribution in [2.24, 2.45) is 5.92 Å². The Bertz CT molecular complexity index is 989. The number of carbonyl (C=O) groups excluding carboxylic acids is 2. The Labute approximate surface area is 199 Å². The average Bonchev–Trinajstić information content (AvgIpc) is 3.26. The molecule has 2 amide bonds. The molecule has 0 saturated carbocycles. The maximum Gasteiger partial charge on any atom is 0.405 e. The van der Waals surface area contributed by atoms with Gasteiger partial charge in [-0.15, -0.1) is 0 Å². The van der Waals surface area contributed by atoms with E-state index in [-0.39, 0.29) is 18.7 Å². The predicted molar refractivity (Wildman–Crippen MR) is 116 cm³/mol. The monoisotopic (exact) mass is 529 g/mol. The summed E-state index contributed by atoms with van der Waals surface area (Å²) in [5.41, 5.74) is 0.564. The van der Waals surface area contributed by atoms with Crippen molar-refractivity contribution in [1.82, 2.24) is 16.0 Å². The lowest BCUT2D eigenvalue weighted by molar-refractivity contribution is -0.174. The summed E-state index contributed by atoms with van der Waals surface area (Å²) >= 11 is 0. The van der Waals surface area contributed by atoms with Crippen LogP contribution in [0.1, 0.15) is 25.8 Å². The van der Waals surface area contributed by atoms with Crippen LogP contribution in [0.15, 0.2) is 30.3 Å². The maximum absolute atomic E-state index is 14.4. The van der Waals surface area contributed by atoms with Gasteiger partial charge in [0.15, 0.2) is 9.84 Å². The standard InChI is InChI=1S/C21H28F5N3O5S/c1-12(2)16(17(30)21(25,26)19(32)28-11-20(22,23)24)29-18(31)15-8-14(9-27-15)35(33,34)10-13-6-4-3-5-7-13/h3-7,12,14-17,27,30H,8-11H2,1-2H3,(H,28,32)(H,29,31)/t14-,15+,16?,17?/m1/s1. The van der Waals surface area contributed by atoms with E-state index in [2.05, 4.69) is 10.6 Å². The van der Waals surface area contributed by atoms with E-state index in [1.807, 2.05) is 0 Å². The Morgan fingerprint density at radius 1 is 1.14 bits per heavy atom. The van der Waals surface area contributed by atoms with E-state index >= 15 is 0 Å². The van der Waals surface area contributed by atoms with Crippen LogP contribution in [-0.2, 0) is 25.2 Å². The van der Waals surface area contributed by atoms with Crippen molar-refractivity contribution in [3.63, 3.8) is 0 Å². The Morgan fingerprint density at radius 2 is 1.74 bits per heavy atom. The topological polar surface area (TPSA) is 125 Å². The number of hydrogen-bond donors (Lipinski definition) is 4. The molecule has 1 fully saturated rings. The highest BCUT2D eigenvalue weighted by molar-refractivity contribution is 7.91. The molecular weight excluding hydrogens is 501 g/mol. The first-order valence-corrected chi connectivity index (χ1v) is 12.5. The summed E-state index contributed by atoms with van der Waals surface area (Å²) in [6, 6.07) is 5.60. The summed E-state index contributed by atoms with van der Waals surface area (Å²) in [5, 5.41) is 15.1. The number of carbonyl (C=O) groups is 2. The molecule has 0 aliphatic carbocycles. The smallest absolute Gasteiger partial charge is 0.384 e. The van der Waals surface area contributed by atoms with Crippen molar-refractivity contribution in [1.29, 1.82) is 0 Å². The first kappa shape index (κ1) is 28.9. The number of hydrogen-bond acceptors (Lipinski definition) is 6. The molecule has 1 aromatic rings. The second-order valence-electron chi connectivity index (χ2n) is 8.76. The van der Waals surface area contributed by atoms with Crippen molar-refractivity contribution in [3.05, 3.63) is 35.9 Å². The molecule has 4 atom stereocenters. The van der Waals surface area contributed by atoms with Gasteiger partial charge in [0.1, 0.15) is 12.6 Å². The first-order valence-electron chi connectivity index (χ1n) is 10.7. The largest absolute Gasteiger partial charge is 0.405 e. The molecule has 14 heteroatoms. The fourth-order valence-electron chi connectivity index (χ4n) is 3.63. The van der Waals surface area contributed by atoms with Crippen LogP contribution in [0, 0.1) is 5.92 Å². The van der Waals surface area contributed by atoms with Crippen molar-refractivity contribution in [2.45, 2.75) is 61.6 Å². The van der Waals surface area contributed by atoms with Crippen molar-refractivity contribution in [3.8, 4) is 0 Å². The van der Waals surface area contributed by atoms with Crippen LogP contribution in [0.25, 0.3) is 0 Å². The van der Waals surface area contributed by atoms with E-state index in [0.29, 0.717) is 5.56 Å². The molecule has 0 aromatic heterocycles. The summed E-state index contributed by atoms with van der Waals surface area (Å²) in [6.45, 7) is 0.635. The molecule has 35 heavy (non-hydrogen) atoms. The molecule has 1 aromatic carbocycles. The van der Waals surface area contributed by atoms with Gasteiger partial charge in [0.2, 0.25) is 5.91 Å². The van der Waals surface area contributed by atoms with Crippen molar-refractivity contribution >= 4 is 21.7 Å². The Morgan fingerprint density at radius 3 is 2.29 bits per heavy atom. The maximum atomic E-state index is 14.4. The fourth-order valence-corrected chi connectivity index (χ4v) is 5.36. The van der Waals surface area contributed by atoms with Crippen molar-refractivity contribution in [2.75, 3.05) is 13.1 Å². The van der Waals surface area contributed by atoms with Crippen LogP contribution in [0.4, 0.5) is 22.0 Å². The second kappa shape index (κ2) is 11.2. The number of sulfone groups is 1. The normalized spacial score (nSPS) is 20.9. The lowest BCUT2D eigenvalue weighted by Gasteiger charge is -2.32. The first-order chi connectivity index (χ1) is 16.0. The molecule has 1 aliphatic heterocycles. The van der Waals surface area contributed by atoms with Crippen molar-refractivity contribution < 1.29 is 45.1 Å². The van der Waals surface area contributed by atoms with E-state index in [1.54, 1.807) is 30.3 Å². The van der Waals surface area contributed by atoms with Crippen LogP contribution in [-0.4, -0.2) is 74.0 Å². The molecule has 198 valence electrons. The highest BCUT2D eigenvalue weighted by Crippen LogP contribution is 2.26. The van der Waals surface area contributed by atoms with E-state index in [9.17, 15) is 45.1 Å². The zero-order chi connectivity index (χ0) is 26.6. The minimum Gasteiger partial charge on any atom is -0.384 e. The van der Waals surface area contributed by atoms with Gasteiger partial charge in [-0.1, -0.05) is 44.2 Å². The van der Waals surface area contributed by atoms with Gasteiger partial charge in [-0.3, -0.25) is 9.59 Å². The van der Waals surface area contributed by atoms with E-state index in [4.69, 9.17) is 0 Å². The summed E-state index contributed by atoms with van der Waals surface area (Å²) < 4.78 is 90.9. The zero-order valence-electron chi connectivity index (χ0n) is 19.0. The Kier molecular flexibility index (Phi) is 9.22. The van der Waals surface area contributed by atoms with Crippen LogP contribution < -0.4 is 16.0 Å². The second-order valence-corrected chi connectivity index (χ2v) is 11.0. The molecular formula is C21H28F5N3O5S. The summed E-state index contributed by atoms with van der Waals surface area (Å²) in [6.07, 6.45) is -7.92. The fraction of sp³-hybridized carbons (Fsp3) is 0.619. The molecule has 1 heterocycles. The van der Waals surface area contributed by atoms with Crippen LogP contribution in [0.2, 0.25) is 0 Å². The summed E-state index contributed by atoms with van der Waals surface area (Å²) in [5.74, 6) is -8.96. The highest BCUT2D eigenvalue weighted by atomic mass is 32.2. The number of aliphatic hydroxyl groups is 1. The minimum atomic E-state index is -4.94. The lowest BCUT2D eigenvalue weighted by atomic mass is 9.93. The quantitative estimate of drug-likeness (QED) is 0.337. The molecule has 0 radical (unpaired) electrons. The SMILES string of the molecule is CC(C)C(NC(=O)[C@@H]1C[C@@H](S(=O)(=O)Cc2ccccc2)CN1)C(O)C(F)(F)C(=O)NCC(F)(F)F. The van der Waals surface area contributed by atoms with Crippen LogP contribution in [0.5, 0.6) is 0 Å². The zero-order valence-corrected chi connectivity index (χ0v) is 19.8. The van der Waals surface area contributed by atoms with Gasteiger partial charge in [-0.05, 0) is 17.9 Å². The van der Waals surface area contributed by atoms with Gasteiger partial charge < -0.3 is 21.1 Å². The molecule has 0 spiro atoms. The highest BCUT2D eigenvalue weighted by Gasteiger charge is 2.52. The molecule has 1 saturated heterocycles. The minimum absolute atomic E-state index is 0.0574. The van der Waals surface area contributed by atoms with Gasteiger partial charge in [-0.25, -0.2) is 8.42 Å².